The van der Waals surface area contributed by atoms with Gasteiger partial charge >= 0.3 is 0 Å². The molecule has 7 nitrogen and oxygen atoms in total. The second kappa shape index (κ2) is 10.1. The third-order valence-electron chi connectivity index (χ3n) is 5.91. The smallest absolute Gasteiger partial charge is 0.249 e. The van der Waals surface area contributed by atoms with Crippen molar-refractivity contribution >= 4 is 16.9 Å². The summed E-state index contributed by atoms with van der Waals surface area (Å²) in [6, 6.07) is 11.3. The Hall–Kier alpha value is -4.37. The van der Waals surface area contributed by atoms with Gasteiger partial charge in [0.2, 0.25) is 5.91 Å². The van der Waals surface area contributed by atoms with Crippen LogP contribution in [0.3, 0.4) is 0 Å². The zero-order valence-electron chi connectivity index (χ0n) is 19.2. The van der Waals surface area contributed by atoms with Gasteiger partial charge < -0.3 is 20.3 Å². The number of allylic oxidation sites excluding steroid dienone is 2. The summed E-state index contributed by atoms with van der Waals surface area (Å²) in [6.45, 7) is 0.592. The van der Waals surface area contributed by atoms with Gasteiger partial charge in [0, 0.05) is 42.0 Å². The predicted octanol–water partition coefficient (Wildman–Crippen LogP) is 3.97. The number of aliphatic hydroxyl groups excluding tert-OH is 1. The van der Waals surface area contributed by atoms with E-state index < -0.39 is 11.6 Å². The quantitative estimate of drug-likeness (QED) is 0.367. The number of nitrogens with one attached hydrogen (secondary N) is 2. The number of hydrogen-bond donors (Lipinski definition) is 3. The SMILES string of the molecule is O=C(NCc1cc(-c2c[nH]c3ncccc23)cc(CO)n1)C1=CC=CN(Cc2ccc(F)c(F)c2)C1. The van der Waals surface area contributed by atoms with E-state index in [4.69, 9.17) is 0 Å². The minimum atomic E-state index is -0.900. The summed E-state index contributed by atoms with van der Waals surface area (Å²) in [5.41, 5.74) is 4.77. The number of aromatic amines is 1. The maximum absolute atomic E-state index is 13.5. The number of amides is 1. The summed E-state index contributed by atoms with van der Waals surface area (Å²) in [5.74, 6) is -2.05. The predicted molar refractivity (Wildman–Crippen MR) is 131 cm³/mol. The van der Waals surface area contributed by atoms with Gasteiger partial charge in [-0.05, 0) is 59.8 Å². The highest BCUT2D eigenvalue weighted by molar-refractivity contribution is 5.95. The van der Waals surface area contributed by atoms with Gasteiger partial charge in [-0.1, -0.05) is 12.1 Å². The molecule has 36 heavy (non-hydrogen) atoms. The van der Waals surface area contributed by atoms with E-state index in [0.29, 0.717) is 35.6 Å². The lowest BCUT2D eigenvalue weighted by atomic mass is 10.0. The molecule has 0 unspecified atom stereocenters. The van der Waals surface area contributed by atoms with Crippen LogP contribution < -0.4 is 5.32 Å². The molecular weight excluding hydrogens is 464 g/mol. The molecular formula is C27H23F2N5O2. The molecule has 1 aliphatic heterocycles. The minimum Gasteiger partial charge on any atom is -0.390 e. The van der Waals surface area contributed by atoms with E-state index in [1.54, 1.807) is 24.5 Å². The number of aromatic nitrogens is 3. The Morgan fingerprint density at radius 3 is 2.83 bits per heavy atom. The van der Waals surface area contributed by atoms with E-state index in [1.807, 2.05) is 35.4 Å². The van der Waals surface area contributed by atoms with Crippen LogP contribution in [0.1, 0.15) is 17.0 Å². The number of aliphatic hydroxyl groups is 1. The Bertz CT molecular complexity index is 1490. The number of fused-ring (bicyclic) bond motifs is 1. The maximum Gasteiger partial charge on any atom is 0.249 e. The second-order valence-corrected chi connectivity index (χ2v) is 8.47. The molecule has 0 saturated carbocycles. The van der Waals surface area contributed by atoms with Crippen molar-refractivity contribution < 1.29 is 18.7 Å². The molecule has 4 heterocycles. The van der Waals surface area contributed by atoms with Gasteiger partial charge in [0.05, 0.1) is 24.5 Å². The fraction of sp³-hybridized carbons (Fsp3) is 0.148. The summed E-state index contributed by atoms with van der Waals surface area (Å²) >= 11 is 0. The Labute approximate surface area is 205 Å². The van der Waals surface area contributed by atoms with Crippen molar-refractivity contribution in [3.8, 4) is 11.1 Å². The summed E-state index contributed by atoms with van der Waals surface area (Å²) in [4.78, 5) is 26.6. The molecule has 1 amide bonds. The molecule has 0 bridgehead atoms. The van der Waals surface area contributed by atoms with Crippen molar-refractivity contribution in [2.24, 2.45) is 0 Å². The van der Waals surface area contributed by atoms with Crippen LogP contribution >= 0.6 is 0 Å². The highest BCUT2D eigenvalue weighted by atomic mass is 19.2. The number of benzene rings is 1. The third-order valence-corrected chi connectivity index (χ3v) is 5.91. The summed E-state index contributed by atoms with van der Waals surface area (Å²) in [5, 5.41) is 13.6. The number of rotatable bonds is 7. The van der Waals surface area contributed by atoms with Gasteiger partial charge in [-0.3, -0.25) is 9.78 Å². The number of pyridine rings is 2. The molecule has 1 aliphatic rings. The summed E-state index contributed by atoms with van der Waals surface area (Å²) < 4.78 is 26.7. The first kappa shape index (κ1) is 23.4. The van der Waals surface area contributed by atoms with Gasteiger partial charge in [0.15, 0.2) is 11.6 Å². The highest BCUT2D eigenvalue weighted by Gasteiger charge is 2.16. The monoisotopic (exact) mass is 487 g/mol. The standard InChI is InChI=1S/C27H23F2N5O2/c28-24-6-5-17(9-25(24)29)14-34-8-2-3-18(15-34)27(36)32-12-20-10-19(11-21(16-35)33-20)23-13-31-26-22(23)4-1-7-30-26/h1-11,13,35H,12,14-16H2,(H,30,31)(H,32,36). The average Bonchev–Trinajstić information content (AvgIpc) is 3.34. The van der Waals surface area contributed by atoms with Crippen molar-refractivity contribution in [1.82, 2.24) is 25.2 Å². The molecule has 9 heteroatoms. The van der Waals surface area contributed by atoms with Crippen LogP contribution in [-0.4, -0.2) is 37.4 Å². The summed E-state index contributed by atoms with van der Waals surface area (Å²) in [7, 11) is 0. The minimum absolute atomic E-state index is 0.171. The van der Waals surface area contributed by atoms with Crippen molar-refractivity contribution in [3.05, 3.63) is 107 Å². The van der Waals surface area contributed by atoms with E-state index >= 15 is 0 Å². The molecule has 182 valence electrons. The largest absolute Gasteiger partial charge is 0.390 e. The van der Waals surface area contributed by atoms with E-state index in [9.17, 15) is 18.7 Å². The molecule has 5 rings (SSSR count). The number of halogens is 2. The first-order chi connectivity index (χ1) is 17.5. The fourth-order valence-corrected chi connectivity index (χ4v) is 4.19. The molecule has 3 aromatic heterocycles. The molecule has 0 aliphatic carbocycles. The third kappa shape index (κ3) is 5.01. The Morgan fingerprint density at radius 2 is 2.00 bits per heavy atom. The second-order valence-electron chi connectivity index (χ2n) is 8.47. The number of carbonyl (C=O) groups excluding carboxylic acids is 1. The van der Waals surface area contributed by atoms with Crippen LogP contribution in [0.25, 0.3) is 22.2 Å². The molecule has 0 spiro atoms. The fourth-order valence-electron chi connectivity index (χ4n) is 4.19. The van der Waals surface area contributed by atoms with Crippen molar-refractivity contribution in [1.29, 1.82) is 0 Å². The van der Waals surface area contributed by atoms with Gasteiger partial charge in [0.25, 0.3) is 0 Å². The van der Waals surface area contributed by atoms with Gasteiger partial charge in [-0.15, -0.1) is 0 Å². The van der Waals surface area contributed by atoms with Crippen LogP contribution in [-0.2, 0) is 24.5 Å². The highest BCUT2D eigenvalue weighted by Crippen LogP contribution is 2.28. The zero-order valence-corrected chi connectivity index (χ0v) is 19.2. The van der Waals surface area contributed by atoms with Crippen molar-refractivity contribution in [2.45, 2.75) is 19.7 Å². The van der Waals surface area contributed by atoms with E-state index in [2.05, 4.69) is 20.3 Å². The average molecular weight is 488 g/mol. The Kier molecular flexibility index (Phi) is 6.55. The zero-order chi connectivity index (χ0) is 25.1. The molecule has 0 atom stereocenters. The van der Waals surface area contributed by atoms with Gasteiger partial charge in [-0.2, -0.15) is 0 Å². The van der Waals surface area contributed by atoms with E-state index in [0.717, 1.165) is 34.3 Å². The van der Waals surface area contributed by atoms with Gasteiger partial charge in [0.1, 0.15) is 5.65 Å². The maximum atomic E-state index is 13.5. The van der Waals surface area contributed by atoms with E-state index in [1.165, 1.54) is 6.07 Å². The van der Waals surface area contributed by atoms with Crippen molar-refractivity contribution in [3.63, 3.8) is 0 Å². The van der Waals surface area contributed by atoms with Crippen molar-refractivity contribution in [2.75, 3.05) is 6.54 Å². The van der Waals surface area contributed by atoms with Crippen LogP contribution in [0, 0.1) is 11.6 Å². The normalized spacial score (nSPS) is 13.2. The topological polar surface area (TPSA) is 94.1 Å². The molecule has 0 saturated heterocycles. The Morgan fingerprint density at radius 1 is 1.14 bits per heavy atom. The molecule has 0 fully saturated rings. The molecule has 4 aromatic rings. The lowest BCUT2D eigenvalue weighted by Crippen LogP contribution is -2.32. The van der Waals surface area contributed by atoms with Crippen LogP contribution in [0.4, 0.5) is 8.78 Å². The van der Waals surface area contributed by atoms with Gasteiger partial charge in [-0.25, -0.2) is 13.8 Å². The summed E-state index contributed by atoms with van der Waals surface area (Å²) in [6.07, 6.45) is 8.83. The Balaban J connectivity index is 1.27. The lowest BCUT2D eigenvalue weighted by Gasteiger charge is -2.24. The first-order valence-corrected chi connectivity index (χ1v) is 11.4. The molecule has 3 N–H and O–H groups in total. The number of carbonyl (C=O) groups is 1. The number of nitrogens with zero attached hydrogens (tertiary/aromatic N) is 3. The first-order valence-electron chi connectivity index (χ1n) is 11.4. The van der Waals surface area contributed by atoms with E-state index in [-0.39, 0.29) is 19.1 Å². The van der Waals surface area contributed by atoms with Crippen LogP contribution in [0.15, 0.2) is 78.8 Å². The number of hydrogen-bond acceptors (Lipinski definition) is 5. The van der Waals surface area contributed by atoms with Crippen LogP contribution in [0.5, 0.6) is 0 Å². The molecule has 0 radical (unpaired) electrons. The number of H-pyrrole nitrogens is 1. The lowest BCUT2D eigenvalue weighted by molar-refractivity contribution is -0.117. The molecule has 1 aromatic carbocycles. The van der Waals surface area contributed by atoms with Crippen LogP contribution in [0.2, 0.25) is 0 Å².